The Morgan fingerprint density at radius 1 is 0.460 bits per heavy atom. The Kier molecular flexibility index (Phi) is 17.6. The molecule has 1 unspecified atom stereocenters. The van der Waals surface area contributed by atoms with Gasteiger partial charge >= 0.3 is 23.9 Å². The maximum absolute atomic E-state index is 11.7. The van der Waals surface area contributed by atoms with Crippen LogP contribution in [0.15, 0.2) is 146 Å². The Balaban J connectivity index is 0.000000270. The molecule has 50 heavy (non-hydrogen) atoms. The highest BCUT2D eigenvalue weighted by Gasteiger charge is 2.09. The first-order valence-electron chi connectivity index (χ1n) is 16.0. The molecule has 0 radical (unpaired) electrons. The maximum atomic E-state index is 11.7. The molecular weight excluding hydrogens is 632 g/mol. The number of carbonyl (C=O) groups is 4. The van der Waals surface area contributed by atoms with Gasteiger partial charge in [0.2, 0.25) is 0 Å². The minimum Gasteiger partial charge on any atom is -0.462 e. The Hall–Kier alpha value is -6.28. The van der Waals surface area contributed by atoms with Gasteiger partial charge in [0.25, 0.3) is 0 Å². The van der Waals surface area contributed by atoms with Crippen LogP contribution in [-0.4, -0.2) is 49.8 Å². The van der Waals surface area contributed by atoms with Crippen molar-refractivity contribution in [2.75, 3.05) is 19.8 Å². The third kappa shape index (κ3) is 17.6. The van der Waals surface area contributed by atoms with Crippen LogP contribution in [0.5, 0.6) is 0 Å². The van der Waals surface area contributed by atoms with Crippen molar-refractivity contribution >= 4 is 48.2 Å². The molecule has 0 fully saturated rings. The van der Waals surface area contributed by atoms with Crippen molar-refractivity contribution in [1.82, 2.24) is 0 Å². The summed E-state index contributed by atoms with van der Waals surface area (Å²) in [5.74, 6) is -1.79. The summed E-state index contributed by atoms with van der Waals surface area (Å²) in [5, 5.41) is 0. The fourth-order valence-corrected chi connectivity index (χ4v) is 3.93. The van der Waals surface area contributed by atoms with Crippen molar-refractivity contribution in [3.8, 4) is 0 Å². The Labute approximate surface area is 293 Å². The van der Waals surface area contributed by atoms with E-state index in [2.05, 4.69) is 0 Å². The number of esters is 4. The molecule has 4 aromatic carbocycles. The highest BCUT2D eigenvalue weighted by atomic mass is 16.6. The number of hydrogen-bond donors (Lipinski definition) is 0. The summed E-state index contributed by atoms with van der Waals surface area (Å²) in [4.78, 5) is 46.5. The van der Waals surface area contributed by atoms with Crippen LogP contribution in [0.2, 0.25) is 0 Å². The lowest BCUT2D eigenvalue weighted by Crippen LogP contribution is -2.20. The zero-order valence-corrected chi connectivity index (χ0v) is 27.8. The van der Waals surface area contributed by atoms with Crippen molar-refractivity contribution in [2.24, 2.45) is 0 Å². The minimum atomic E-state index is -0.526. The fraction of sp³-hybridized carbons (Fsp3) is 0.143. The molecule has 4 aromatic rings. The van der Waals surface area contributed by atoms with Crippen LogP contribution in [0.4, 0.5) is 0 Å². The molecule has 0 aliphatic rings. The monoisotopic (exact) mass is 672 g/mol. The molecule has 256 valence electrons. The first-order chi connectivity index (χ1) is 24.4. The number of rotatable bonds is 15. The lowest BCUT2D eigenvalue weighted by Gasteiger charge is -2.11. The van der Waals surface area contributed by atoms with Crippen molar-refractivity contribution in [2.45, 2.75) is 19.4 Å². The van der Waals surface area contributed by atoms with Gasteiger partial charge in [0.05, 0.1) is 13.2 Å². The van der Waals surface area contributed by atoms with Gasteiger partial charge in [0.15, 0.2) is 0 Å². The summed E-state index contributed by atoms with van der Waals surface area (Å²) in [6.07, 6.45) is 12.1. The van der Waals surface area contributed by atoms with Gasteiger partial charge in [0.1, 0.15) is 12.7 Å². The molecule has 8 heteroatoms. The predicted octanol–water partition coefficient (Wildman–Crippen LogP) is 7.78. The highest BCUT2D eigenvalue weighted by Crippen LogP contribution is 2.05. The van der Waals surface area contributed by atoms with E-state index in [0.29, 0.717) is 6.42 Å². The highest BCUT2D eigenvalue weighted by molar-refractivity contribution is 5.88. The standard InChI is InChI=1S/2C21H20O4/c1-17(25-21(23)15-13-19-10-6-3-7-11-19)16-24-20(22)14-12-18-8-4-2-5-9-18;22-20(14-12-18-8-3-1-4-9-18)24-16-7-17-25-21(23)15-13-19-10-5-2-6-11-19/h2-15,17H,16H2,1H3;1-6,8-15H,7,16-17H2/b2*14-12+,15-13+. The van der Waals surface area contributed by atoms with Crippen LogP contribution in [0.3, 0.4) is 0 Å². The maximum Gasteiger partial charge on any atom is 0.331 e. The van der Waals surface area contributed by atoms with Gasteiger partial charge in [-0.1, -0.05) is 121 Å². The SMILES string of the molecule is CC(COC(=O)/C=C/c1ccccc1)OC(=O)/C=C/c1ccccc1.O=C(/C=C/c1ccccc1)OCCCOC(=O)/C=C/c1ccccc1. The van der Waals surface area contributed by atoms with E-state index < -0.39 is 30.0 Å². The Morgan fingerprint density at radius 3 is 1.10 bits per heavy atom. The largest absolute Gasteiger partial charge is 0.462 e. The number of hydrogen-bond acceptors (Lipinski definition) is 8. The van der Waals surface area contributed by atoms with E-state index in [-0.39, 0.29) is 19.8 Å². The van der Waals surface area contributed by atoms with Crippen molar-refractivity contribution in [3.05, 3.63) is 168 Å². The molecular formula is C42H40O8. The van der Waals surface area contributed by atoms with Crippen molar-refractivity contribution < 1.29 is 38.1 Å². The van der Waals surface area contributed by atoms with Crippen molar-refractivity contribution in [3.63, 3.8) is 0 Å². The van der Waals surface area contributed by atoms with Gasteiger partial charge < -0.3 is 18.9 Å². The summed E-state index contributed by atoms with van der Waals surface area (Å²) in [6.45, 7) is 2.08. The molecule has 0 saturated carbocycles. The number of ether oxygens (including phenoxy) is 4. The molecule has 8 nitrogen and oxygen atoms in total. The Morgan fingerprint density at radius 2 is 0.760 bits per heavy atom. The Bertz CT molecular complexity index is 1650. The van der Waals surface area contributed by atoms with Crippen molar-refractivity contribution in [1.29, 1.82) is 0 Å². The van der Waals surface area contributed by atoms with Crippen LogP contribution < -0.4 is 0 Å². The van der Waals surface area contributed by atoms with Gasteiger partial charge in [0, 0.05) is 30.7 Å². The zero-order chi connectivity index (χ0) is 35.7. The van der Waals surface area contributed by atoms with E-state index in [1.165, 1.54) is 24.3 Å². The summed E-state index contributed by atoms with van der Waals surface area (Å²) >= 11 is 0. The molecule has 0 aliphatic carbocycles. The second kappa shape index (κ2) is 23.1. The molecule has 0 N–H and O–H groups in total. The quantitative estimate of drug-likeness (QED) is 0.0546. The molecule has 0 heterocycles. The second-order valence-electron chi connectivity index (χ2n) is 10.5. The fourth-order valence-electron chi connectivity index (χ4n) is 3.93. The molecule has 0 spiro atoms. The smallest absolute Gasteiger partial charge is 0.331 e. The van der Waals surface area contributed by atoms with Gasteiger partial charge in [-0.25, -0.2) is 19.2 Å². The summed E-state index contributed by atoms with van der Waals surface area (Å²) in [7, 11) is 0. The predicted molar refractivity (Wildman–Crippen MR) is 195 cm³/mol. The molecule has 0 saturated heterocycles. The summed E-state index contributed by atoms with van der Waals surface area (Å²) < 4.78 is 20.3. The van der Waals surface area contributed by atoms with Crippen LogP contribution in [0.25, 0.3) is 24.3 Å². The molecule has 4 rings (SSSR count). The van der Waals surface area contributed by atoms with E-state index in [0.717, 1.165) is 22.3 Å². The lowest BCUT2D eigenvalue weighted by atomic mass is 10.2. The number of benzene rings is 4. The van der Waals surface area contributed by atoms with E-state index in [9.17, 15) is 19.2 Å². The average molecular weight is 673 g/mol. The number of carbonyl (C=O) groups excluding carboxylic acids is 4. The van der Waals surface area contributed by atoms with Crippen LogP contribution >= 0.6 is 0 Å². The molecule has 0 bridgehead atoms. The minimum absolute atomic E-state index is 0.00286. The third-order valence-corrected chi connectivity index (χ3v) is 6.40. The zero-order valence-electron chi connectivity index (χ0n) is 27.8. The van der Waals surface area contributed by atoms with Crippen LogP contribution in [0.1, 0.15) is 35.6 Å². The second-order valence-corrected chi connectivity index (χ2v) is 10.5. The lowest BCUT2D eigenvalue weighted by molar-refractivity contribution is -0.151. The molecule has 1 atom stereocenters. The van der Waals surface area contributed by atoms with Gasteiger partial charge in [-0.2, -0.15) is 0 Å². The normalized spacial score (nSPS) is 11.5. The first-order valence-corrected chi connectivity index (χ1v) is 16.0. The first kappa shape index (κ1) is 38.2. The summed E-state index contributed by atoms with van der Waals surface area (Å²) in [6, 6.07) is 37.8. The van der Waals surface area contributed by atoms with E-state index in [1.54, 1.807) is 31.2 Å². The summed E-state index contributed by atoms with van der Waals surface area (Å²) in [5.41, 5.74) is 3.67. The molecule has 0 amide bonds. The van der Waals surface area contributed by atoms with Gasteiger partial charge in [-0.15, -0.1) is 0 Å². The third-order valence-electron chi connectivity index (χ3n) is 6.40. The van der Waals surface area contributed by atoms with E-state index in [1.807, 2.05) is 121 Å². The average Bonchev–Trinajstić information content (AvgIpc) is 3.15. The molecule has 0 aromatic heterocycles. The van der Waals surface area contributed by atoms with Gasteiger partial charge in [-0.05, 0) is 53.5 Å². The van der Waals surface area contributed by atoms with E-state index >= 15 is 0 Å². The van der Waals surface area contributed by atoms with Crippen LogP contribution in [-0.2, 0) is 38.1 Å². The van der Waals surface area contributed by atoms with Gasteiger partial charge in [-0.3, -0.25) is 0 Å². The van der Waals surface area contributed by atoms with Crippen LogP contribution in [0, 0.1) is 0 Å². The van der Waals surface area contributed by atoms with E-state index in [4.69, 9.17) is 18.9 Å². The molecule has 0 aliphatic heterocycles. The topological polar surface area (TPSA) is 105 Å².